The van der Waals surface area contributed by atoms with Gasteiger partial charge in [0, 0.05) is 21.3 Å². The lowest BCUT2D eigenvalue weighted by Crippen LogP contribution is -2.19. The first-order valence-corrected chi connectivity index (χ1v) is 8.17. The Morgan fingerprint density at radius 3 is 1.82 bits per heavy atom. The van der Waals surface area contributed by atoms with Crippen LogP contribution in [0.3, 0.4) is 0 Å². The van der Waals surface area contributed by atoms with Crippen LogP contribution in [-0.4, -0.2) is 22.4 Å². The first-order chi connectivity index (χ1) is 9.84. The number of hydrogen-bond acceptors (Lipinski definition) is 4. The van der Waals surface area contributed by atoms with E-state index < -0.39 is 20.6 Å². The second-order valence-electron chi connectivity index (χ2n) is 7.35. The Bertz CT molecular complexity index is 559. The average molecular weight is 327 g/mol. The van der Waals surface area contributed by atoms with E-state index in [2.05, 4.69) is 4.52 Å². The molecule has 1 atom stereocenters. The monoisotopic (exact) mass is 327 g/mol. The second-order valence-corrected chi connectivity index (χ2v) is 8.09. The molecule has 22 heavy (non-hydrogen) atoms. The molecule has 1 aromatic carbocycles. The molecule has 5 nitrogen and oxygen atoms in total. The maximum absolute atomic E-state index is 12.2. The number of carbonyl (C=O) groups excluding carboxylic acids is 1. The summed E-state index contributed by atoms with van der Waals surface area (Å²) >= 11 is 0. The van der Waals surface area contributed by atoms with E-state index in [1.165, 1.54) is 0 Å². The quantitative estimate of drug-likeness (QED) is 0.648. The fourth-order valence-corrected chi connectivity index (χ4v) is 2.36. The fourth-order valence-electron chi connectivity index (χ4n) is 2.14. The number of rotatable bonds is 4. The van der Waals surface area contributed by atoms with Crippen molar-refractivity contribution in [3.05, 3.63) is 28.8 Å². The van der Waals surface area contributed by atoms with Gasteiger partial charge in [-0.05, 0) is 23.0 Å². The summed E-state index contributed by atoms with van der Waals surface area (Å²) in [4.78, 5) is 20.8. The van der Waals surface area contributed by atoms with E-state index in [0.29, 0.717) is 16.7 Å². The molecule has 0 amide bonds. The van der Waals surface area contributed by atoms with Crippen molar-refractivity contribution in [3.8, 4) is 5.75 Å². The topological polar surface area (TPSA) is 83.8 Å². The Kier molecular flexibility index (Phi) is 5.50. The molecule has 0 aliphatic carbocycles. The standard InChI is InChI=1S/C16H23O5P/c1-15(2,3)11-7-10(13(17)9-21-22(19)20)8-12(14(11)18)16(4,5)6/h7-8H,9H2,1-6H3,(H-,17,18,19,20)/p+1. The summed E-state index contributed by atoms with van der Waals surface area (Å²) in [5, 5.41) is 10.6. The number of phenolic OH excluding ortho intramolecular Hbond substituents is 1. The third-order valence-corrected chi connectivity index (χ3v) is 3.70. The summed E-state index contributed by atoms with van der Waals surface area (Å²) in [6.07, 6.45) is 0. The zero-order chi connectivity index (χ0) is 17.3. The van der Waals surface area contributed by atoms with Gasteiger partial charge in [0.2, 0.25) is 0 Å². The van der Waals surface area contributed by atoms with E-state index >= 15 is 0 Å². The largest absolute Gasteiger partial charge is 0.695 e. The van der Waals surface area contributed by atoms with Gasteiger partial charge in [-0.2, -0.15) is 0 Å². The molecular weight excluding hydrogens is 303 g/mol. The Hall–Kier alpha value is -1.29. The Morgan fingerprint density at radius 2 is 1.50 bits per heavy atom. The molecule has 0 saturated carbocycles. The lowest BCUT2D eigenvalue weighted by molar-refractivity contribution is 0.0916. The van der Waals surface area contributed by atoms with Crippen molar-refractivity contribution in [1.82, 2.24) is 0 Å². The van der Waals surface area contributed by atoms with Crippen LogP contribution in [-0.2, 0) is 19.9 Å². The van der Waals surface area contributed by atoms with Gasteiger partial charge in [0.15, 0.2) is 12.4 Å². The molecule has 2 N–H and O–H groups in total. The Labute approximate surface area is 132 Å². The van der Waals surface area contributed by atoms with Gasteiger partial charge in [0.25, 0.3) is 0 Å². The number of aromatic hydroxyl groups is 1. The predicted molar refractivity (Wildman–Crippen MR) is 85.6 cm³/mol. The second kappa shape index (κ2) is 6.45. The molecule has 0 radical (unpaired) electrons. The molecular formula is C16H24O5P+. The van der Waals surface area contributed by atoms with E-state index in [9.17, 15) is 14.5 Å². The van der Waals surface area contributed by atoms with Crippen molar-refractivity contribution in [2.45, 2.75) is 52.4 Å². The van der Waals surface area contributed by atoms with Gasteiger partial charge in [0.05, 0.1) is 0 Å². The van der Waals surface area contributed by atoms with Crippen LogP contribution in [0.5, 0.6) is 5.75 Å². The van der Waals surface area contributed by atoms with Crippen LogP contribution in [0.1, 0.15) is 63.0 Å². The first kappa shape index (κ1) is 18.8. The summed E-state index contributed by atoms with van der Waals surface area (Å²) in [6, 6.07) is 3.25. The number of benzene rings is 1. The first-order valence-electron chi connectivity index (χ1n) is 7.04. The van der Waals surface area contributed by atoms with Gasteiger partial charge in [-0.1, -0.05) is 41.5 Å². The number of hydrogen-bond donors (Lipinski definition) is 2. The van der Waals surface area contributed by atoms with Gasteiger partial charge in [-0.3, -0.25) is 4.79 Å². The average Bonchev–Trinajstić information content (AvgIpc) is 2.33. The molecule has 0 aromatic heterocycles. The Morgan fingerprint density at radius 1 is 1.09 bits per heavy atom. The predicted octanol–water partition coefficient (Wildman–Crippen LogP) is 3.84. The zero-order valence-electron chi connectivity index (χ0n) is 13.9. The minimum absolute atomic E-state index is 0.186. The van der Waals surface area contributed by atoms with Crippen molar-refractivity contribution in [3.63, 3.8) is 0 Å². The molecule has 0 heterocycles. The van der Waals surface area contributed by atoms with Gasteiger partial charge in [-0.25, -0.2) is 0 Å². The third-order valence-electron chi connectivity index (χ3n) is 3.35. The molecule has 0 aliphatic rings. The molecule has 0 bridgehead atoms. The lowest BCUT2D eigenvalue weighted by Gasteiger charge is -2.28. The third kappa shape index (κ3) is 4.60. The van der Waals surface area contributed by atoms with E-state index in [-0.39, 0.29) is 16.6 Å². The van der Waals surface area contributed by atoms with Gasteiger partial charge >= 0.3 is 8.25 Å². The molecule has 1 aromatic rings. The minimum atomic E-state index is -2.81. The van der Waals surface area contributed by atoms with Crippen LogP contribution < -0.4 is 0 Å². The summed E-state index contributed by atoms with van der Waals surface area (Å²) in [5.74, 6) is -0.209. The Balaban J connectivity index is 3.41. The van der Waals surface area contributed by atoms with Crippen LogP contribution in [0.2, 0.25) is 0 Å². The molecule has 1 rings (SSSR count). The molecule has 0 spiro atoms. The van der Waals surface area contributed by atoms with Crippen LogP contribution in [0.4, 0.5) is 0 Å². The molecule has 1 unspecified atom stereocenters. The highest BCUT2D eigenvalue weighted by Crippen LogP contribution is 2.39. The maximum Gasteiger partial charge on any atom is 0.695 e. The van der Waals surface area contributed by atoms with Crippen molar-refractivity contribution in [2.24, 2.45) is 0 Å². The highest BCUT2D eigenvalue weighted by molar-refractivity contribution is 7.32. The molecule has 0 saturated heterocycles. The van der Waals surface area contributed by atoms with Gasteiger partial charge in [0.1, 0.15) is 5.75 Å². The molecule has 122 valence electrons. The summed E-state index contributed by atoms with van der Waals surface area (Å²) in [5.41, 5.74) is 1.00. The zero-order valence-corrected chi connectivity index (χ0v) is 14.8. The van der Waals surface area contributed by atoms with Crippen LogP contribution in [0, 0.1) is 0 Å². The van der Waals surface area contributed by atoms with Crippen LogP contribution in [0.25, 0.3) is 0 Å². The minimum Gasteiger partial charge on any atom is -0.507 e. The summed E-state index contributed by atoms with van der Waals surface area (Å²) < 4.78 is 15.1. The van der Waals surface area contributed by atoms with Crippen molar-refractivity contribution >= 4 is 14.0 Å². The number of carbonyl (C=O) groups is 1. The van der Waals surface area contributed by atoms with Gasteiger partial charge in [-0.15, -0.1) is 9.42 Å². The van der Waals surface area contributed by atoms with Gasteiger partial charge < -0.3 is 5.11 Å². The SMILES string of the molecule is CC(C)(C)c1cc(C(=O)CO[P+](=O)O)cc(C(C)(C)C)c1O. The van der Waals surface area contributed by atoms with Crippen molar-refractivity contribution < 1.29 is 23.9 Å². The fraction of sp³-hybridized carbons (Fsp3) is 0.562. The molecule has 0 aliphatic heterocycles. The number of Topliss-reactive ketones (excluding diaryl/α,β-unsaturated/α-hetero) is 1. The molecule has 0 fully saturated rings. The van der Waals surface area contributed by atoms with E-state index in [1.54, 1.807) is 12.1 Å². The van der Waals surface area contributed by atoms with E-state index in [4.69, 9.17) is 4.89 Å². The lowest BCUT2D eigenvalue weighted by atomic mass is 9.78. The van der Waals surface area contributed by atoms with E-state index in [0.717, 1.165) is 0 Å². The van der Waals surface area contributed by atoms with E-state index in [1.807, 2.05) is 41.5 Å². The highest BCUT2D eigenvalue weighted by Gasteiger charge is 2.28. The number of phenols is 1. The van der Waals surface area contributed by atoms with Crippen molar-refractivity contribution in [2.75, 3.05) is 6.61 Å². The maximum atomic E-state index is 12.2. The number of ketones is 1. The highest BCUT2D eigenvalue weighted by atomic mass is 31.1. The molecule has 6 heteroatoms. The van der Waals surface area contributed by atoms with Crippen molar-refractivity contribution in [1.29, 1.82) is 0 Å². The smallest absolute Gasteiger partial charge is 0.507 e. The summed E-state index contributed by atoms with van der Waals surface area (Å²) in [7, 11) is -2.81. The summed E-state index contributed by atoms with van der Waals surface area (Å²) in [6.45, 7) is 11.2. The van der Waals surface area contributed by atoms with Crippen LogP contribution >= 0.6 is 8.25 Å². The normalized spacial score (nSPS) is 13.1. The van der Waals surface area contributed by atoms with Crippen LogP contribution in [0.15, 0.2) is 12.1 Å².